The highest BCUT2D eigenvalue weighted by atomic mass is 32.1. The van der Waals surface area contributed by atoms with Gasteiger partial charge < -0.3 is 23.7 Å². The molecule has 0 spiro atoms. The molecular weight excluding hydrogens is 418 g/mol. The number of aromatic nitrogens is 1. The third-order valence-corrected chi connectivity index (χ3v) is 6.47. The van der Waals surface area contributed by atoms with E-state index >= 15 is 0 Å². The molecule has 1 saturated heterocycles. The van der Waals surface area contributed by atoms with Crippen LogP contribution in [0, 0.1) is 5.92 Å². The van der Waals surface area contributed by atoms with Gasteiger partial charge >= 0.3 is 0 Å². The van der Waals surface area contributed by atoms with Crippen LogP contribution in [0.25, 0.3) is 10.2 Å². The first-order valence-corrected chi connectivity index (χ1v) is 10.5. The van der Waals surface area contributed by atoms with Crippen LogP contribution in [0.1, 0.15) is 6.42 Å². The van der Waals surface area contributed by atoms with Crippen molar-refractivity contribution in [3.05, 3.63) is 41.2 Å². The summed E-state index contributed by atoms with van der Waals surface area (Å²) in [6.45, 7) is 0.244. The molecule has 2 amide bonds. The Morgan fingerprint density at radius 3 is 2.39 bits per heavy atom. The van der Waals surface area contributed by atoms with E-state index in [9.17, 15) is 9.59 Å². The number of benzene rings is 2. The van der Waals surface area contributed by atoms with E-state index in [4.69, 9.17) is 14.2 Å². The lowest BCUT2D eigenvalue weighted by Crippen LogP contribution is -2.26. The monoisotopic (exact) mass is 441 g/mol. The molecule has 1 atom stereocenters. The number of hydrogen-bond donors (Lipinski definition) is 0. The van der Waals surface area contributed by atoms with Crippen molar-refractivity contribution in [3.63, 3.8) is 0 Å². The first kappa shape index (κ1) is 20.9. The maximum absolute atomic E-state index is 12.9. The Labute approximate surface area is 183 Å². The van der Waals surface area contributed by atoms with Crippen molar-refractivity contribution >= 4 is 39.1 Å². The lowest BCUT2D eigenvalue weighted by atomic mass is 10.1. The fourth-order valence-electron chi connectivity index (χ4n) is 3.72. The molecule has 3 aromatic rings. The van der Waals surface area contributed by atoms with Crippen LogP contribution in [0.5, 0.6) is 17.2 Å². The summed E-state index contributed by atoms with van der Waals surface area (Å²) in [5, 5.41) is 0. The zero-order valence-electron chi connectivity index (χ0n) is 17.7. The van der Waals surface area contributed by atoms with Crippen LogP contribution in [-0.4, -0.2) is 44.3 Å². The second-order valence-electron chi connectivity index (χ2n) is 7.15. The van der Waals surface area contributed by atoms with Crippen molar-refractivity contribution in [1.29, 1.82) is 0 Å². The van der Waals surface area contributed by atoms with Gasteiger partial charge in [-0.05, 0) is 12.1 Å². The number of ether oxygens (including phenoxy) is 3. The van der Waals surface area contributed by atoms with E-state index in [1.165, 1.54) is 32.7 Å². The second kappa shape index (κ2) is 8.43. The molecule has 2 aromatic carbocycles. The number of amides is 2. The number of thiazole rings is 1. The van der Waals surface area contributed by atoms with E-state index < -0.39 is 5.92 Å². The molecule has 0 radical (unpaired) electrons. The molecule has 0 saturated carbocycles. The summed E-state index contributed by atoms with van der Waals surface area (Å²) in [4.78, 5) is 32.1. The lowest BCUT2D eigenvalue weighted by molar-refractivity contribution is -0.123. The fraction of sp³-hybridized carbons (Fsp3) is 0.318. The van der Waals surface area contributed by atoms with Crippen LogP contribution in [0.3, 0.4) is 0 Å². The molecule has 1 aliphatic heterocycles. The molecule has 1 fully saturated rings. The number of carbonyl (C=O) groups is 2. The summed E-state index contributed by atoms with van der Waals surface area (Å²) in [5.74, 6) is 0.369. The van der Waals surface area contributed by atoms with Gasteiger partial charge in [-0.3, -0.25) is 9.59 Å². The largest absolute Gasteiger partial charge is 0.493 e. The quantitative estimate of drug-likeness (QED) is 0.608. The van der Waals surface area contributed by atoms with Gasteiger partial charge in [0.05, 0.1) is 43.2 Å². The Balaban J connectivity index is 1.62. The van der Waals surface area contributed by atoms with Crippen molar-refractivity contribution in [3.8, 4) is 17.2 Å². The van der Waals surface area contributed by atoms with Crippen LogP contribution >= 0.6 is 11.3 Å². The molecule has 4 rings (SSSR count). The van der Waals surface area contributed by atoms with Crippen LogP contribution in [0.4, 0.5) is 5.69 Å². The minimum absolute atomic E-state index is 0.105. The van der Waals surface area contributed by atoms with Gasteiger partial charge in [0.15, 0.2) is 16.3 Å². The molecule has 8 nitrogen and oxygen atoms in total. The predicted molar refractivity (Wildman–Crippen MR) is 118 cm³/mol. The summed E-state index contributed by atoms with van der Waals surface area (Å²) >= 11 is 1.45. The van der Waals surface area contributed by atoms with Gasteiger partial charge in [0.1, 0.15) is 0 Å². The van der Waals surface area contributed by atoms with Gasteiger partial charge in [0.2, 0.25) is 11.7 Å². The fourth-order valence-corrected chi connectivity index (χ4v) is 4.74. The topological polar surface area (TPSA) is 82.4 Å². The van der Waals surface area contributed by atoms with Crippen molar-refractivity contribution in [1.82, 2.24) is 4.57 Å². The Kier molecular flexibility index (Phi) is 5.69. The Bertz CT molecular complexity index is 1200. The maximum Gasteiger partial charge on any atom is 0.253 e. The molecule has 1 aliphatic rings. The predicted octanol–water partition coefficient (Wildman–Crippen LogP) is 2.75. The van der Waals surface area contributed by atoms with E-state index in [1.54, 1.807) is 17.0 Å². The van der Waals surface area contributed by atoms with Crippen molar-refractivity contribution in [2.75, 3.05) is 32.8 Å². The first-order valence-electron chi connectivity index (χ1n) is 9.70. The highest BCUT2D eigenvalue weighted by molar-refractivity contribution is 7.16. The number of methoxy groups -OCH3 is 3. The van der Waals surface area contributed by atoms with E-state index in [0.717, 1.165) is 10.2 Å². The van der Waals surface area contributed by atoms with Crippen molar-refractivity contribution in [2.24, 2.45) is 18.0 Å². The molecular formula is C22H23N3O5S. The van der Waals surface area contributed by atoms with Crippen LogP contribution in [-0.2, 0) is 16.6 Å². The Hall–Kier alpha value is -3.33. The SMILES string of the molecule is COc1cc(N2CC(C(=O)N=c3sc4ccccc4n3C)CC2=O)cc(OC)c1OC. The van der Waals surface area contributed by atoms with Crippen LogP contribution in [0.15, 0.2) is 41.4 Å². The number of aryl methyl sites for hydroxylation is 1. The van der Waals surface area contributed by atoms with Crippen molar-refractivity contribution in [2.45, 2.75) is 6.42 Å². The zero-order valence-corrected chi connectivity index (χ0v) is 18.6. The average molecular weight is 442 g/mol. The summed E-state index contributed by atoms with van der Waals surface area (Å²) in [7, 11) is 6.43. The van der Waals surface area contributed by atoms with Gasteiger partial charge in [0.25, 0.3) is 5.91 Å². The highest BCUT2D eigenvalue weighted by Crippen LogP contribution is 2.42. The minimum atomic E-state index is -0.517. The molecule has 0 aliphatic carbocycles. The third kappa shape index (κ3) is 3.76. The summed E-state index contributed by atoms with van der Waals surface area (Å²) in [6, 6.07) is 11.3. The van der Waals surface area contributed by atoms with Crippen LogP contribution in [0.2, 0.25) is 0 Å². The lowest BCUT2D eigenvalue weighted by Gasteiger charge is -2.20. The first-order chi connectivity index (χ1) is 15.0. The molecule has 9 heteroatoms. The van der Waals surface area contributed by atoms with Gasteiger partial charge in [0, 0.05) is 32.1 Å². The second-order valence-corrected chi connectivity index (χ2v) is 8.16. The standard InChI is InChI=1S/C22H23N3O5S/c1-24-15-7-5-6-8-18(15)31-22(24)23-21(27)13-9-19(26)25(12-13)14-10-16(28-2)20(30-4)17(11-14)29-3/h5-8,10-11,13H,9,12H2,1-4H3. The average Bonchev–Trinajstić information content (AvgIpc) is 3.33. The van der Waals surface area contributed by atoms with Gasteiger partial charge in [-0.15, -0.1) is 0 Å². The van der Waals surface area contributed by atoms with Crippen molar-refractivity contribution < 1.29 is 23.8 Å². The number of rotatable bonds is 5. The summed E-state index contributed by atoms with van der Waals surface area (Å²) in [6.07, 6.45) is 0.105. The zero-order chi connectivity index (χ0) is 22.1. The Morgan fingerprint density at radius 2 is 1.77 bits per heavy atom. The number of carbonyl (C=O) groups excluding carboxylic acids is 2. The van der Waals surface area contributed by atoms with E-state index in [-0.39, 0.29) is 24.8 Å². The van der Waals surface area contributed by atoms with Gasteiger partial charge in [-0.2, -0.15) is 4.99 Å². The van der Waals surface area contributed by atoms with Gasteiger partial charge in [-0.25, -0.2) is 0 Å². The number of para-hydroxylation sites is 1. The molecule has 1 unspecified atom stereocenters. The number of hydrogen-bond acceptors (Lipinski definition) is 6. The number of nitrogens with zero attached hydrogens (tertiary/aromatic N) is 3. The third-order valence-electron chi connectivity index (χ3n) is 5.36. The van der Waals surface area contributed by atoms with Gasteiger partial charge in [-0.1, -0.05) is 23.5 Å². The number of anilines is 1. The smallest absolute Gasteiger partial charge is 0.253 e. The minimum Gasteiger partial charge on any atom is -0.493 e. The Morgan fingerprint density at radius 1 is 1.10 bits per heavy atom. The molecule has 0 N–H and O–H groups in total. The summed E-state index contributed by atoms with van der Waals surface area (Å²) in [5.41, 5.74) is 1.60. The number of fused-ring (bicyclic) bond motifs is 1. The normalized spacial score (nSPS) is 16.8. The van der Waals surface area contributed by atoms with E-state index in [2.05, 4.69) is 4.99 Å². The molecule has 1 aromatic heterocycles. The van der Waals surface area contributed by atoms with Crippen LogP contribution < -0.4 is 23.9 Å². The van der Waals surface area contributed by atoms with E-state index in [1.807, 2.05) is 35.9 Å². The molecule has 2 heterocycles. The molecule has 162 valence electrons. The molecule has 31 heavy (non-hydrogen) atoms. The maximum atomic E-state index is 12.9. The summed E-state index contributed by atoms with van der Waals surface area (Å²) < 4.78 is 19.0. The highest BCUT2D eigenvalue weighted by Gasteiger charge is 2.36. The van der Waals surface area contributed by atoms with E-state index in [0.29, 0.717) is 27.7 Å². The molecule has 0 bridgehead atoms.